The van der Waals surface area contributed by atoms with Crippen molar-refractivity contribution in [1.82, 2.24) is 5.32 Å². The van der Waals surface area contributed by atoms with Crippen LogP contribution in [0.2, 0.25) is 10.0 Å². The van der Waals surface area contributed by atoms with Gasteiger partial charge in [0.05, 0.1) is 6.04 Å². The summed E-state index contributed by atoms with van der Waals surface area (Å²) in [5.74, 6) is 0.648. The minimum Gasteiger partial charge on any atom is -0.386 e. The topological polar surface area (TPSA) is 213 Å². The van der Waals surface area contributed by atoms with Gasteiger partial charge in [0.25, 0.3) is 0 Å². The van der Waals surface area contributed by atoms with Gasteiger partial charge in [0.15, 0.2) is 0 Å². The summed E-state index contributed by atoms with van der Waals surface area (Å²) in [6.45, 7) is 2.80. The van der Waals surface area contributed by atoms with E-state index in [0.29, 0.717) is 23.1 Å². The number of aliphatic imine (C=N–C) groups is 4. The fourth-order valence-corrected chi connectivity index (χ4v) is 3.28. The number of hydrogen-bond acceptors (Lipinski definition) is 3. The highest BCUT2D eigenvalue weighted by Crippen LogP contribution is 2.14. The molecule has 0 spiro atoms. The van der Waals surface area contributed by atoms with E-state index in [0.717, 1.165) is 37.1 Å². The van der Waals surface area contributed by atoms with Crippen molar-refractivity contribution < 1.29 is 0 Å². The number of nitrogens with zero attached hydrogens (tertiary/aromatic N) is 4. The largest absolute Gasteiger partial charge is 0.386 e. The lowest BCUT2D eigenvalue weighted by molar-refractivity contribution is 0.652. The van der Waals surface area contributed by atoms with Crippen LogP contribution in [0.5, 0.6) is 0 Å². The van der Waals surface area contributed by atoms with E-state index in [2.05, 4.69) is 35.9 Å². The molecule has 0 saturated carbocycles. The number of anilines is 2. The molecule has 0 heterocycles. The van der Waals surface area contributed by atoms with Crippen molar-refractivity contribution in [3.63, 3.8) is 0 Å². The van der Waals surface area contributed by atoms with Crippen LogP contribution in [0, 0.1) is 5.41 Å². The molecule has 0 radical (unpaired) electrons. The zero-order chi connectivity index (χ0) is 28.6. The first kappa shape index (κ1) is 31.2. The van der Waals surface area contributed by atoms with Gasteiger partial charge in [-0.25, -0.2) is 0 Å². The van der Waals surface area contributed by atoms with Crippen LogP contribution in [0.1, 0.15) is 32.6 Å². The Morgan fingerprint density at radius 2 is 1.21 bits per heavy atom. The average molecular weight is 576 g/mol. The zero-order valence-electron chi connectivity index (χ0n) is 21.8. The van der Waals surface area contributed by atoms with Crippen molar-refractivity contribution in [2.24, 2.45) is 42.9 Å². The van der Waals surface area contributed by atoms with E-state index < -0.39 is 6.04 Å². The Morgan fingerprint density at radius 3 is 1.69 bits per heavy atom. The molecule has 2 aromatic rings. The van der Waals surface area contributed by atoms with Crippen molar-refractivity contribution in [2.75, 3.05) is 23.7 Å². The van der Waals surface area contributed by atoms with E-state index in [4.69, 9.17) is 51.5 Å². The number of unbranched alkanes of at least 4 members (excludes halogenated alkanes) is 3. The van der Waals surface area contributed by atoms with Crippen LogP contribution < -0.4 is 38.9 Å². The van der Waals surface area contributed by atoms with Crippen LogP contribution in [0.3, 0.4) is 0 Å². The highest BCUT2D eigenvalue weighted by molar-refractivity contribution is 6.31. The minimum atomic E-state index is -0.447. The molecule has 39 heavy (non-hydrogen) atoms. The first-order valence-electron chi connectivity index (χ1n) is 12.3. The first-order chi connectivity index (χ1) is 18.6. The molecule has 0 fully saturated rings. The lowest BCUT2D eigenvalue weighted by Gasteiger charge is -2.14. The maximum Gasteiger partial charge on any atom is 0.221 e. The summed E-state index contributed by atoms with van der Waals surface area (Å²) in [5.41, 5.74) is 24.8. The van der Waals surface area contributed by atoms with Gasteiger partial charge in [-0.3, -0.25) is 15.4 Å². The standard InChI is InChI=1S/C25H36Cl2N12/c1-16(21(28)29)35-25(39-24(32)37-20-12-8-18(27)9-13-20)34-15-5-3-2-4-14-33-22(30)38-23(31)36-19-10-6-17(26)7-11-19/h6-13,16H,2-5,14-15H2,1H3,(H3,28,29)(H5,30,31,33,36,38)(H4,32,34,35,37,39). The lowest BCUT2D eigenvalue weighted by Crippen LogP contribution is -2.42. The van der Waals surface area contributed by atoms with Gasteiger partial charge in [0.1, 0.15) is 5.84 Å². The van der Waals surface area contributed by atoms with E-state index >= 15 is 0 Å². The fraction of sp³-hybridized carbons (Fsp3) is 0.320. The summed E-state index contributed by atoms with van der Waals surface area (Å²) in [6, 6.07) is 13.6. The SMILES string of the molecule is CC(NC(=NCCCCCCN=C(N)/N=C(\N)Nc1ccc(Cl)cc1)/N=C(\N)Nc1ccc(Cl)cc1)C(=N)N. The molecule has 0 bridgehead atoms. The molecule has 0 aliphatic heterocycles. The molecule has 0 amide bonds. The molecule has 0 aliphatic carbocycles. The summed E-state index contributed by atoms with van der Waals surface area (Å²) in [6.07, 6.45) is 3.53. The molecule has 0 aromatic heterocycles. The number of amidine groups is 1. The number of hydrogen-bond donors (Lipinski definition) is 8. The fourth-order valence-electron chi connectivity index (χ4n) is 3.03. The van der Waals surface area contributed by atoms with Crippen molar-refractivity contribution in [1.29, 1.82) is 5.41 Å². The van der Waals surface area contributed by atoms with Gasteiger partial charge in [0, 0.05) is 34.5 Å². The van der Waals surface area contributed by atoms with Crippen LogP contribution in [0.15, 0.2) is 68.5 Å². The smallest absolute Gasteiger partial charge is 0.221 e. The third kappa shape index (κ3) is 13.4. The van der Waals surface area contributed by atoms with Crippen LogP contribution in [0.25, 0.3) is 0 Å². The molecule has 12 nitrogen and oxygen atoms in total. The van der Waals surface area contributed by atoms with Gasteiger partial charge in [-0.2, -0.15) is 9.98 Å². The third-order valence-corrected chi connectivity index (χ3v) is 5.61. The molecule has 12 N–H and O–H groups in total. The number of nitrogens with two attached hydrogens (primary N) is 4. The highest BCUT2D eigenvalue weighted by atomic mass is 35.5. The highest BCUT2D eigenvalue weighted by Gasteiger charge is 2.08. The van der Waals surface area contributed by atoms with Gasteiger partial charge < -0.3 is 38.9 Å². The number of halogens is 2. The summed E-state index contributed by atoms with van der Waals surface area (Å²) < 4.78 is 0. The van der Waals surface area contributed by atoms with Gasteiger partial charge in [-0.1, -0.05) is 36.0 Å². The van der Waals surface area contributed by atoms with Gasteiger partial charge in [0.2, 0.25) is 23.8 Å². The molecule has 14 heteroatoms. The molecule has 1 unspecified atom stereocenters. The van der Waals surface area contributed by atoms with Gasteiger partial charge in [-0.15, -0.1) is 0 Å². The van der Waals surface area contributed by atoms with E-state index in [9.17, 15) is 0 Å². The van der Waals surface area contributed by atoms with Crippen molar-refractivity contribution in [3.8, 4) is 0 Å². The normalized spacial score (nSPS) is 13.6. The Bertz CT molecular complexity index is 1170. The molecule has 2 aromatic carbocycles. The predicted octanol–water partition coefficient (Wildman–Crippen LogP) is 3.29. The van der Waals surface area contributed by atoms with Crippen molar-refractivity contribution in [3.05, 3.63) is 58.6 Å². The van der Waals surface area contributed by atoms with Gasteiger partial charge >= 0.3 is 0 Å². The molecule has 210 valence electrons. The van der Waals surface area contributed by atoms with E-state index in [1.165, 1.54) is 0 Å². The maximum absolute atomic E-state index is 7.62. The minimum absolute atomic E-state index is 0.0335. The lowest BCUT2D eigenvalue weighted by atomic mass is 10.2. The number of guanidine groups is 4. The molecule has 2 rings (SSSR count). The number of nitrogens with one attached hydrogen (secondary N) is 4. The molecular weight excluding hydrogens is 539 g/mol. The monoisotopic (exact) mass is 574 g/mol. The number of rotatable bonds is 11. The molecule has 0 aliphatic rings. The summed E-state index contributed by atoms with van der Waals surface area (Å²) in [4.78, 5) is 17.1. The van der Waals surface area contributed by atoms with Gasteiger partial charge in [-0.05, 0) is 68.3 Å². The van der Waals surface area contributed by atoms with Crippen LogP contribution in [-0.4, -0.2) is 48.8 Å². The summed E-state index contributed by atoms with van der Waals surface area (Å²) in [5, 5.41) is 17.8. The average Bonchev–Trinajstić information content (AvgIpc) is 2.88. The Morgan fingerprint density at radius 1 is 0.744 bits per heavy atom. The van der Waals surface area contributed by atoms with Crippen LogP contribution in [0.4, 0.5) is 11.4 Å². The Balaban J connectivity index is 1.78. The molecule has 0 saturated heterocycles. The second-order valence-electron chi connectivity index (χ2n) is 8.44. The van der Waals surface area contributed by atoms with E-state index in [1.807, 2.05) is 0 Å². The summed E-state index contributed by atoms with van der Waals surface area (Å²) >= 11 is 11.8. The predicted molar refractivity (Wildman–Crippen MR) is 165 cm³/mol. The van der Waals surface area contributed by atoms with E-state index in [-0.39, 0.29) is 29.7 Å². The maximum atomic E-state index is 7.62. The second kappa shape index (κ2) is 16.7. The van der Waals surface area contributed by atoms with Crippen LogP contribution in [-0.2, 0) is 0 Å². The Kier molecular flexibility index (Phi) is 13.4. The van der Waals surface area contributed by atoms with Crippen molar-refractivity contribution >= 4 is 64.3 Å². The zero-order valence-corrected chi connectivity index (χ0v) is 23.3. The Hall–Kier alpha value is -4.03. The number of benzene rings is 2. The van der Waals surface area contributed by atoms with Crippen LogP contribution >= 0.6 is 23.2 Å². The van der Waals surface area contributed by atoms with E-state index in [1.54, 1.807) is 55.5 Å². The molecule has 1 atom stereocenters. The Labute approximate surface area is 238 Å². The quantitative estimate of drug-likeness (QED) is 0.114. The summed E-state index contributed by atoms with van der Waals surface area (Å²) in [7, 11) is 0. The third-order valence-electron chi connectivity index (χ3n) is 5.11. The first-order valence-corrected chi connectivity index (χ1v) is 13.1. The van der Waals surface area contributed by atoms with Crippen molar-refractivity contribution in [2.45, 2.75) is 38.6 Å². The molecular formula is C25H36Cl2N12. The second-order valence-corrected chi connectivity index (χ2v) is 9.31.